The first kappa shape index (κ1) is 15.3. The van der Waals surface area contributed by atoms with Gasteiger partial charge >= 0.3 is 0 Å². The van der Waals surface area contributed by atoms with Gasteiger partial charge in [0.1, 0.15) is 17.9 Å². The topological polar surface area (TPSA) is 47.0 Å². The summed E-state index contributed by atoms with van der Waals surface area (Å²) in [6.07, 6.45) is 1.61. The first-order chi connectivity index (χ1) is 10.1. The molecule has 1 N–H and O–H groups in total. The monoisotopic (exact) mass is 285 g/mol. The van der Waals surface area contributed by atoms with Crippen molar-refractivity contribution >= 4 is 5.82 Å². The maximum absolute atomic E-state index is 5.51. The van der Waals surface area contributed by atoms with Gasteiger partial charge in [-0.3, -0.25) is 0 Å². The highest BCUT2D eigenvalue weighted by atomic mass is 16.5. The zero-order valence-electron chi connectivity index (χ0n) is 13.4. The average Bonchev–Trinajstić information content (AvgIpc) is 2.47. The molecule has 0 unspecified atom stereocenters. The minimum absolute atomic E-state index is 0.320. The van der Waals surface area contributed by atoms with Gasteiger partial charge in [-0.1, -0.05) is 25.5 Å². The van der Waals surface area contributed by atoms with Crippen molar-refractivity contribution in [3.05, 3.63) is 35.7 Å². The molecule has 0 fully saturated rings. The number of rotatable bonds is 5. The van der Waals surface area contributed by atoms with Gasteiger partial charge in [-0.15, -0.1) is 0 Å². The molecule has 112 valence electrons. The summed E-state index contributed by atoms with van der Waals surface area (Å²) in [6.45, 7) is 9.29. The second-order valence-electron chi connectivity index (χ2n) is 5.37. The Morgan fingerprint density at radius 1 is 1.24 bits per heavy atom. The van der Waals surface area contributed by atoms with Crippen LogP contribution in [-0.2, 0) is 0 Å². The number of hydrogen-bond donors (Lipinski definition) is 1. The van der Waals surface area contributed by atoms with Gasteiger partial charge in [0.25, 0.3) is 0 Å². The lowest BCUT2D eigenvalue weighted by Crippen LogP contribution is -2.08. The summed E-state index contributed by atoms with van der Waals surface area (Å²) in [7, 11) is 1.69. The Bertz CT molecular complexity index is 623. The molecular weight excluding hydrogens is 262 g/mol. The zero-order chi connectivity index (χ0) is 15.4. The zero-order valence-corrected chi connectivity index (χ0v) is 13.4. The average molecular weight is 285 g/mol. The molecule has 1 aromatic heterocycles. The number of benzene rings is 1. The Morgan fingerprint density at radius 2 is 2.00 bits per heavy atom. The smallest absolute Gasteiger partial charge is 0.133 e. The molecule has 4 heteroatoms. The number of methoxy groups -OCH3 is 1. The van der Waals surface area contributed by atoms with E-state index >= 15 is 0 Å². The summed E-state index contributed by atoms with van der Waals surface area (Å²) in [5, 5.41) is 3.33. The molecule has 1 aromatic carbocycles. The van der Waals surface area contributed by atoms with Crippen LogP contribution in [0.4, 0.5) is 5.82 Å². The maximum atomic E-state index is 5.51. The van der Waals surface area contributed by atoms with E-state index in [4.69, 9.17) is 4.74 Å². The molecule has 0 aliphatic rings. The highest BCUT2D eigenvalue weighted by molar-refractivity contribution is 5.74. The van der Waals surface area contributed by atoms with Crippen LogP contribution in [0.1, 0.15) is 37.8 Å². The minimum atomic E-state index is 0.320. The largest absolute Gasteiger partial charge is 0.496 e. The summed E-state index contributed by atoms with van der Waals surface area (Å²) in [5.41, 5.74) is 4.27. The normalized spacial score (nSPS) is 10.8. The van der Waals surface area contributed by atoms with Crippen LogP contribution in [0.3, 0.4) is 0 Å². The third-order valence-corrected chi connectivity index (χ3v) is 3.42. The second-order valence-corrected chi connectivity index (χ2v) is 5.37. The van der Waals surface area contributed by atoms with Crippen LogP contribution in [0.25, 0.3) is 11.3 Å². The molecule has 4 nitrogen and oxygen atoms in total. The van der Waals surface area contributed by atoms with Crippen molar-refractivity contribution in [3.63, 3.8) is 0 Å². The molecule has 0 aliphatic carbocycles. The van der Waals surface area contributed by atoms with Crippen molar-refractivity contribution in [2.45, 2.75) is 33.6 Å². The lowest BCUT2D eigenvalue weighted by atomic mass is 9.96. The Hall–Kier alpha value is -2.10. The Balaban J connectivity index is 2.68. The predicted molar refractivity (Wildman–Crippen MR) is 87.0 cm³/mol. The summed E-state index contributed by atoms with van der Waals surface area (Å²) >= 11 is 0. The fourth-order valence-electron chi connectivity index (χ4n) is 2.47. The Morgan fingerprint density at radius 3 is 2.62 bits per heavy atom. The van der Waals surface area contributed by atoms with Gasteiger partial charge in [-0.25, -0.2) is 9.97 Å². The van der Waals surface area contributed by atoms with E-state index < -0.39 is 0 Å². The van der Waals surface area contributed by atoms with Crippen molar-refractivity contribution in [2.24, 2.45) is 0 Å². The van der Waals surface area contributed by atoms with Crippen molar-refractivity contribution in [1.29, 1.82) is 0 Å². The number of aryl methyl sites for hydroxylation is 1. The van der Waals surface area contributed by atoms with E-state index in [-0.39, 0.29) is 0 Å². The van der Waals surface area contributed by atoms with E-state index in [2.05, 4.69) is 49.0 Å². The van der Waals surface area contributed by atoms with E-state index in [1.54, 1.807) is 13.4 Å². The van der Waals surface area contributed by atoms with Crippen LogP contribution >= 0.6 is 0 Å². The Kier molecular flexibility index (Phi) is 4.78. The van der Waals surface area contributed by atoms with Gasteiger partial charge in [0.2, 0.25) is 0 Å². The molecule has 2 rings (SSSR count). The van der Waals surface area contributed by atoms with Crippen LogP contribution in [0.2, 0.25) is 0 Å². The first-order valence-electron chi connectivity index (χ1n) is 7.32. The van der Waals surface area contributed by atoms with Gasteiger partial charge in [-0.05, 0) is 31.9 Å². The summed E-state index contributed by atoms with van der Waals surface area (Å²) < 4.78 is 5.51. The van der Waals surface area contributed by atoms with E-state index in [0.717, 1.165) is 34.9 Å². The Labute approximate surface area is 126 Å². The van der Waals surface area contributed by atoms with E-state index in [0.29, 0.717) is 5.92 Å². The molecule has 0 spiro atoms. The van der Waals surface area contributed by atoms with Crippen LogP contribution in [0.15, 0.2) is 24.5 Å². The van der Waals surface area contributed by atoms with Crippen molar-refractivity contribution < 1.29 is 4.74 Å². The molecular formula is C17H23N3O. The lowest BCUT2D eigenvalue weighted by Gasteiger charge is -2.18. The number of ether oxygens (including phenoxy) is 1. The number of nitrogens with one attached hydrogen (secondary N) is 1. The van der Waals surface area contributed by atoms with Crippen molar-refractivity contribution in [3.8, 4) is 17.0 Å². The van der Waals surface area contributed by atoms with Gasteiger partial charge in [0.15, 0.2) is 0 Å². The predicted octanol–water partition coefficient (Wildman–Crippen LogP) is 4.02. The van der Waals surface area contributed by atoms with Crippen LogP contribution in [0, 0.1) is 6.92 Å². The number of anilines is 1. The van der Waals surface area contributed by atoms with Gasteiger partial charge in [0.05, 0.1) is 12.8 Å². The van der Waals surface area contributed by atoms with E-state index in [1.807, 2.05) is 12.1 Å². The third-order valence-electron chi connectivity index (χ3n) is 3.42. The lowest BCUT2D eigenvalue weighted by molar-refractivity contribution is 0.416. The van der Waals surface area contributed by atoms with Crippen LogP contribution in [0.5, 0.6) is 5.75 Å². The number of hydrogen-bond acceptors (Lipinski definition) is 4. The molecule has 0 aliphatic heterocycles. The fraction of sp³-hybridized carbons (Fsp3) is 0.412. The maximum Gasteiger partial charge on any atom is 0.133 e. The first-order valence-corrected chi connectivity index (χ1v) is 7.32. The van der Waals surface area contributed by atoms with E-state index in [9.17, 15) is 0 Å². The van der Waals surface area contributed by atoms with Gasteiger partial charge in [0, 0.05) is 17.7 Å². The highest BCUT2D eigenvalue weighted by Crippen LogP contribution is 2.37. The molecule has 0 amide bonds. The second kappa shape index (κ2) is 6.57. The van der Waals surface area contributed by atoms with Crippen molar-refractivity contribution in [2.75, 3.05) is 19.0 Å². The molecule has 0 atom stereocenters. The van der Waals surface area contributed by atoms with Crippen LogP contribution < -0.4 is 10.1 Å². The highest BCUT2D eigenvalue weighted by Gasteiger charge is 2.18. The molecule has 0 saturated carbocycles. The molecule has 2 aromatic rings. The minimum Gasteiger partial charge on any atom is -0.496 e. The van der Waals surface area contributed by atoms with E-state index in [1.165, 1.54) is 5.56 Å². The SMILES string of the molecule is CCNc1ncnc(-c2cc(C)ccc2OC)c1C(C)C. The molecule has 0 radical (unpaired) electrons. The number of aromatic nitrogens is 2. The summed E-state index contributed by atoms with van der Waals surface area (Å²) in [4.78, 5) is 8.92. The van der Waals surface area contributed by atoms with Crippen molar-refractivity contribution in [1.82, 2.24) is 9.97 Å². The van der Waals surface area contributed by atoms with Gasteiger partial charge < -0.3 is 10.1 Å². The molecule has 0 bridgehead atoms. The third kappa shape index (κ3) is 3.15. The van der Waals surface area contributed by atoms with Crippen LogP contribution in [-0.4, -0.2) is 23.6 Å². The summed E-state index contributed by atoms with van der Waals surface area (Å²) in [5.74, 6) is 2.06. The fourth-order valence-corrected chi connectivity index (χ4v) is 2.47. The molecule has 0 saturated heterocycles. The summed E-state index contributed by atoms with van der Waals surface area (Å²) in [6, 6.07) is 6.15. The molecule has 21 heavy (non-hydrogen) atoms. The standard InChI is InChI=1S/C17H23N3O/c1-6-18-17-15(11(2)3)16(19-10-20-17)13-9-12(4)7-8-14(13)21-5/h7-11H,6H2,1-5H3,(H,18,19,20). The number of nitrogens with zero attached hydrogens (tertiary/aromatic N) is 2. The quantitative estimate of drug-likeness (QED) is 0.901. The molecule has 1 heterocycles. The van der Waals surface area contributed by atoms with Gasteiger partial charge in [-0.2, -0.15) is 0 Å².